The fourth-order valence-corrected chi connectivity index (χ4v) is 1.45. The molecule has 106 valence electrons. The van der Waals surface area contributed by atoms with E-state index in [9.17, 15) is 4.79 Å². The van der Waals surface area contributed by atoms with Gasteiger partial charge in [0.2, 0.25) is 0 Å². The summed E-state index contributed by atoms with van der Waals surface area (Å²) in [6.45, 7) is 2.66. The van der Waals surface area contributed by atoms with E-state index < -0.39 is 6.10 Å². The van der Waals surface area contributed by atoms with Crippen LogP contribution in [0.5, 0.6) is 5.75 Å². The Hall–Kier alpha value is -1.30. The molecular formula is C13H18ClNO4. The summed E-state index contributed by atoms with van der Waals surface area (Å²) in [4.78, 5) is 11.7. The summed E-state index contributed by atoms with van der Waals surface area (Å²) in [5.41, 5.74) is 0. The highest BCUT2D eigenvalue weighted by Gasteiger charge is 2.13. The second-order valence-corrected chi connectivity index (χ2v) is 4.28. The summed E-state index contributed by atoms with van der Waals surface area (Å²) in [7, 11) is 0. The van der Waals surface area contributed by atoms with Crippen molar-refractivity contribution in [1.82, 2.24) is 5.32 Å². The van der Waals surface area contributed by atoms with Crippen molar-refractivity contribution in [3.05, 3.63) is 29.3 Å². The molecule has 19 heavy (non-hydrogen) atoms. The zero-order valence-corrected chi connectivity index (χ0v) is 11.5. The maximum Gasteiger partial charge on any atom is 0.260 e. The quantitative estimate of drug-likeness (QED) is 0.706. The Bertz CT molecular complexity index is 383. The third-order valence-electron chi connectivity index (χ3n) is 2.28. The number of aliphatic hydroxyl groups is 1. The van der Waals surface area contributed by atoms with Crippen LogP contribution in [0, 0.1) is 0 Å². The summed E-state index contributed by atoms with van der Waals surface area (Å²) >= 11 is 5.75. The van der Waals surface area contributed by atoms with Gasteiger partial charge in [0, 0.05) is 11.6 Å². The number of hydrogen-bond acceptors (Lipinski definition) is 4. The van der Waals surface area contributed by atoms with Crippen LogP contribution in [0.25, 0.3) is 0 Å². The normalized spacial score (nSPS) is 11.9. The van der Waals surface area contributed by atoms with Gasteiger partial charge in [-0.2, -0.15) is 0 Å². The summed E-state index contributed by atoms with van der Waals surface area (Å²) in [5, 5.41) is 11.8. The predicted molar refractivity (Wildman–Crippen MR) is 72.5 cm³/mol. The minimum absolute atomic E-state index is 0.0238. The van der Waals surface area contributed by atoms with E-state index in [1.54, 1.807) is 31.2 Å². The lowest BCUT2D eigenvalue weighted by Gasteiger charge is -2.14. The molecule has 0 saturated heterocycles. The third kappa shape index (κ3) is 6.42. The molecule has 0 aliphatic rings. The summed E-state index contributed by atoms with van der Waals surface area (Å²) < 4.78 is 10.5. The number of benzene rings is 1. The van der Waals surface area contributed by atoms with Crippen LogP contribution in [0.4, 0.5) is 0 Å². The lowest BCUT2D eigenvalue weighted by Crippen LogP contribution is -2.38. The van der Waals surface area contributed by atoms with E-state index in [-0.39, 0.29) is 19.1 Å². The van der Waals surface area contributed by atoms with E-state index in [1.165, 1.54) is 0 Å². The van der Waals surface area contributed by atoms with Gasteiger partial charge in [-0.3, -0.25) is 4.79 Å². The van der Waals surface area contributed by atoms with Gasteiger partial charge >= 0.3 is 0 Å². The number of carbonyl (C=O) groups excluding carboxylic acids is 1. The van der Waals surface area contributed by atoms with Gasteiger partial charge in [-0.15, -0.1) is 0 Å². The molecule has 0 heterocycles. The fraction of sp³-hybridized carbons (Fsp3) is 0.462. The third-order valence-corrected chi connectivity index (χ3v) is 2.53. The molecule has 2 N–H and O–H groups in total. The Kier molecular flexibility index (Phi) is 7.25. The van der Waals surface area contributed by atoms with E-state index >= 15 is 0 Å². The average Bonchev–Trinajstić information content (AvgIpc) is 2.41. The van der Waals surface area contributed by atoms with Crippen molar-refractivity contribution >= 4 is 17.5 Å². The molecule has 5 nitrogen and oxygen atoms in total. The fourth-order valence-electron chi connectivity index (χ4n) is 1.33. The van der Waals surface area contributed by atoms with Gasteiger partial charge in [-0.25, -0.2) is 0 Å². The van der Waals surface area contributed by atoms with Gasteiger partial charge < -0.3 is 19.9 Å². The Morgan fingerprint density at radius 3 is 2.68 bits per heavy atom. The molecule has 1 aromatic rings. The molecule has 0 aliphatic heterocycles. The molecule has 1 unspecified atom stereocenters. The Morgan fingerprint density at radius 1 is 1.37 bits per heavy atom. The summed E-state index contributed by atoms with van der Waals surface area (Å²) in [6.07, 6.45) is -0.598. The number of halogens is 1. The van der Waals surface area contributed by atoms with Crippen LogP contribution in [0.1, 0.15) is 6.92 Å². The van der Waals surface area contributed by atoms with Gasteiger partial charge in [-0.1, -0.05) is 11.6 Å². The van der Waals surface area contributed by atoms with Crippen molar-refractivity contribution in [2.75, 3.05) is 26.4 Å². The second-order valence-electron chi connectivity index (χ2n) is 3.84. The first kappa shape index (κ1) is 15.8. The molecule has 0 saturated carbocycles. The molecule has 0 fully saturated rings. The summed E-state index contributed by atoms with van der Waals surface area (Å²) in [5.74, 6) is 0.367. The lowest BCUT2D eigenvalue weighted by molar-refractivity contribution is -0.127. The van der Waals surface area contributed by atoms with E-state index in [0.717, 1.165) is 0 Å². The highest BCUT2D eigenvalue weighted by atomic mass is 35.5. The minimum atomic E-state index is -0.598. The smallest absolute Gasteiger partial charge is 0.260 e. The van der Waals surface area contributed by atoms with Crippen molar-refractivity contribution in [2.24, 2.45) is 0 Å². The van der Waals surface area contributed by atoms with Crippen LogP contribution in [-0.2, 0) is 9.53 Å². The molecule has 0 radical (unpaired) electrons. The van der Waals surface area contributed by atoms with Crippen LogP contribution in [0.15, 0.2) is 24.3 Å². The number of amides is 1. The van der Waals surface area contributed by atoms with Crippen molar-refractivity contribution in [2.45, 2.75) is 13.0 Å². The number of ether oxygens (including phenoxy) is 2. The molecule has 1 rings (SSSR count). The Labute approximate surface area is 117 Å². The van der Waals surface area contributed by atoms with Crippen LogP contribution in [-0.4, -0.2) is 43.5 Å². The zero-order chi connectivity index (χ0) is 14.1. The Balaban J connectivity index is 2.26. The second kappa shape index (κ2) is 8.74. The lowest BCUT2D eigenvalue weighted by atomic mass is 10.3. The largest absolute Gasteiger partial charge is 0.481 e. The van der Waals surface area contributed by atoms with Crippen molar-refractivity contribution in [1.29, 1.82) is 0 Å². The highest BCUT2D eigenvalue weighted by molar-refractivity contribution is 6.30. The summed E-state index contributed by atoms with van der Waals surface area (Å²) in [6, 6.07) is 6.81. The maximum atomic E-state index is 11.7. The van der Waals surface area contributed by atoms with E-state index in [0.29, 0.717) is 23.9 Å². The molecule has 0 aromatic heterocycles. The van der Waals surface area contributed by atoms with Gasteiger partial charge in [-0.05, 0) is 31.2 Å². The Morgan fingerprint density at radius 2 is 2.05 bits per heavy atom. The molecule has 1 amide bonds. The first-order chi connectivity index (χ1) is 9.13. The predicted octanol–water partition coefficient (Wildman–Crippen LogP) is 1.23. The monoisotopic (exact) mass is 287 g/mol. The molecular weight excluding hydrogens is 270 g/mol. The van der Waals surface area contributed by atoms with Crippen molar-refractivity contribution in [3.63, 3.8) is 0 Å². The zero-order valence-electron chi connectivity index (χ0n) is 10.8. The number of hydrogen-bond donors (Lipinski definition) is 2. The molecule has 0 bridgehead atoms. The number of aliphatic hydroxyl groups excluding tert-OH is 1. The highest BCUT2D eigenvalue weighted by Crippen LogP contribution is 2.16. The topological polar surface area (TPSA) is 67.8 Å². The molecule has 6 heteroatoms. The van der Waals surface area contributed by atoms with Gasteiger partial charge in [0.05, 0.1) is 19.8 Å². The van der Waals surface area contributed by atoms with Gasteiger partial charge in [0.25, 0.3) is 5.91 Å². The van der Waals surface area contributed by atoms with Crippen molar-refractivity contribution in [3.8, 4) is 5.75 Å². The van der Waals surface area contributed by atoms with Crippen LogP contribution < -0.4 is 10.1 Å². The number of rotatable bonds is 8. The number of nitrogens with one attached hydrogen (secondary N) is 1. The van der Waals surface area contributed by atoms with E-state index in [1.807, 2.05) is 0 Å². The molecule has 0 aliphatic carbocycles. The van der Waals surface area contributed by atoms with Crippen LogP contribution in [0.2, 0.25) is 5.02 Å². The first-order valence-corrected chi connectivity index (χ1v) is 6.40. The van der Waals surface area contributed by atoms with E-state index in [4.69, 9.17) is 26.2 Å². The average molecular weight is 288 g/mol. The maximum absolute atomic E-state index is 11.7. The van der Waals surface area contributed by atoms with Crippen LogP contribution in [0.3, 0.4) is 0 Å². The van der Waals surface area contributed by atoms with Gasteiger partial charge in [0.1, 0.15) is 5.75 Å². The van der Waals surface area contributed by atoms with E-state index in [2.05, 4.69) is 5.32 Å². The SMILES string of the molecule is CC(Oc1ccc(Cl)cc1)C(=O)NCCOCCO. The molecule has 1 atom stereocenters. The molecule has 1 aromatic carbocycles. The minimum Gasteiger partial charge on any atom is -0.481 e. The van der Waals surface area contributed by atoms with Gasteiger partial charge in [0.15, 0.2) is 6.10 Å². The van der Waals surface area contributed by atoms with Crippen molar-refractivity contribution < 1.29 is 19.4 Å². The number of carbonyl (C=O) groups is 1. The van der Waals surface area contributed by atoms with Crippen LogP contribution >= 0.6 is 11.6 Å². The first-order valence-electron chi connectivity index (χ1n) is 6.02. The molecule has 0 spiro atoms. The standard InChI is InChI=1S/C13H18ClNO4/c1-10(13(17)15-6-8-18-9-7-16)19-12-4-2-11(14)3-5-12/h2-5,10,16H,6-9H2,1H3,(H,15,17).